The SMILES string of the molecule is CC(NCCCN(C)C(C)C)c1cc(F)ccc1F. The largest absolute Gasteiger partial charge is 0.310 e. The van der Waals surface area contributed by atoms with Crippen LogP contribution in [0.15, 0.2) is 18.2 Å². The van der Waals surface area contributed by atoms with Crippen LogP contribution >= 0.6 is 0 Å². The van der Waals surface area contributed by atoms with E-state index in [0.717, 1.165) is 25.6 Å². The molecule has 1 unspecified atom stereocenters. The van der Waals surface area contributed by atoms with E-state index >= 15 is 0 Å². The normalized spacial score (nSPS) is 13.3. The van der Waals surface area contributed by atoms with Gasteiger partial charge in [-0.2, -0.15) is 0 Å². The van der Waals surface area contributed by atoms with Crippen molar-refractivity contribution in [2.45, 2.75) is 39.3 Å². The Hall–Kier alpha value is -1.00. The summed E-state index contributed by atoms with van der Waals surface area (Å²) in [5, 5.41) is 3.23. The molecule has 1 aromatic carbocycles. The Morgan fingerprint density at radius 2 is 1.89 bits per heavy atom. The molecule has 0 aliphatic heterocycles. The Morgan fingerprint density at radius 3 is 2.53 bits per heavy atom. The molecule has 1 aromatic rings. The van der Waals surface area contributed by atoms with Crippen molar-refractivity contribution in [2.24, 2.45) is 0 Å². The number of hydrogen-bond donors (Lipinski definition) is 1. The third-order valence-electron chi connectivity index (χ3n) is 3.44. The highest BCUT2D eigenvalue weighted by atomic mass is 19.1. The minimum Gasteiger partial charge on any atom is -0.310 e. The van der Waals surface area contributed by atoms with Crippen molar-refractivity contribution in [1.29, 1.82) is 0 Å². The van der Waals surface area contributed by atoms with Crippen molar-refractivity contribution in [3.8, 4) is 0 Å². The second-order valence-corrected chi connectivity index (χ2v) is 5.27. The van der Waals surface area contributed by atoms with E-state index in [9.17, 15) is 8.78 Å². The van der Waals surface area contributed by atoms with E-state index in [4.69, 9.17) is 0 Å². The van der Waals surface area contributed by atoms with Crippen LogP contribution in [0.5, 0.6) is 0 Å². The van der Waals surface area contributed by atoms with Crippen LogP contribution in [0, 0.1) is 11.6 Å². The molecule has 1 atom stereocenters. The number of nitrogens with zero attached hydrogens (tertiary/aromatic N) is 1. The monoisotopic (exact) mass is 270 g/mol. The van der Waals surface area contributed by atoms with Crippen LogP contribution < -0.4 is 5.32 Å². The second kappa shape index (κ2) is 7.56. The lowest BCUT2D eigenvalue weighted by Gasteiger charge is -2.21. The van der Waals surface area contributed by atoms with Gasteiger partial charge < -0.3 is 10.2 Å². The van der Waals surface area contributed by atoms with Gasteiger partial charge in [0.25, 0.3) is 0 Å². The summed E-state index contributed by atoms with van der Waals surface area (Å²) < 4.78 is 26.6. The zero-order valence-corrected chi connectivity index (χ0v) is 12.2. The number of rotatable bonds is 7. The van der Waals surface area contributed by atoms with Crippen molar-refractivity contribution in [3.05, 3.63) is 35.4 Å². The van der Waals surface area contributed by atoms with Crippen molar-refractivity contribution < 1.29 is 8.78 Å². The Kier molecular flexibility index (Phi) is 6.38. The topological polar surface area (TPSA) is 15.3 Å². The summed E-state index contributed by atoms with van der Waals surface area (Å²) in [6.45, 7) is 7.93. The minimum absolute atomic E-state index is 0.181. The van der Waals surface area contributed by atoms with Crippen molar-refractivity contribution in [3.63, 3.8) is 0 Å². The van der Waals surface area contributed by atoms with E-state index in [1.807, 2.05) is 6.92 Å². The molecule has 0 aromatic heterocycles. The summed E-state index contributed by atoms with van der Waals surface area (Å²) in [4.78, 5) is 2.26. The lowest BCUT2D eigenvalue weighted by atomic mass is 10.1. The number of halogens is 2. The van der Waals surface area contributed by atoms with Crippen LogP contribution in [0.2, 0.25) is 0 Å². The Bertz CT molecular complexity index is 394. The maximum absolute atomic E-state index is 13.5. The summed E-state index contributed by atoms with van der Waals surface area (Å²) in [6, 6.07) is 3.92. The van der Waals surface area contributed by atoms with E-state index < -0.39 is 5.82 Å². The van der Waals surface area contributed by atoms with Gasteiger partial charge in [-0.15, -0.1) is 0 Å². The van der Waals surface area contributed by atoms with Crippen LogP contribution in [0.4, 0.5) is 8.78 Å². The molecule has 0 radical (unpaired) electrons. The van der Waals surface area contributed by atoms with E-state index in [0.29, 0.717) is 11.6 Å². The maximum atomic E-state index is 13.5. The fraction of sp³-hybridized carbons (Fsp3) is 0.600. The fourth-order valence-corrected chi connectivity index (χ4v) is 1.86. The molecular weight excluding hydrogens is 246 g/mol. The molecule has 19 heavy (non-hydrogen) atoms. The second-order valence-electron chi connectivity index (χ2n) is 5.27. The fourth-order valence-electron chi connectivity index (χ4n) is 1.86. The van der Waals surface area contributed by atoms with E-state index in [-0.39, 0.29) is 11.9 Å². The van der Waals surface area contributed by atoms with Crippen LogP contribution in [-0.2, 0) is 0 Å². The van der Waals surface area contributed by atoms with Crippen LogP contribution in [-0.4, -0.2) is 31.1 Å². The first kappa shape index (κ1) is 16.1. The first-order valence-electron chi connectivity index (χ1n) is 6.80. The van der Waals surface area contributed by atoms with Crippen molar-refractivity contribution in [1.82, 2.24) is 10.2 Å². The zero-order chi connectivity index (χ0) is 14.4. The third kappa shape index (κ3) is 5.25. The summed E-state index contributed by atoms with van der Waals surface area (Å²) in [5.74, 6) is -0.759. The molecule has 4 heteroatoms. The molecule has 1 N–H and O–H groups in total. The maximum Gasteiger partial charge on any atom is 0.128 e. The number of benzene rings is 1. The average molecular weight is 270 g/mol. The van der Waals surface area contributed by atoms with E-state index in [1.165, 1.54) is 12.1 Å². The molecule has 0 spiro atoms. The molecule has 1 rings (SSSR count). The Morgan fingerprint density at radius 1 is 1.21 bits per heavy atom. The molecule has 108 valence electrons. The molecule has 0 fully saturated rings. The quantitative estimate of drug-likeness (QED) is 0.764. The predicted molar refractivity (Wildman–Crippen MR) is 75.2 cm³/mol. The predicted octanol–water partition coefficient (Wildman–Crippen LogP) is 3.35. The lowest BCUT2D eigenvalue weighted by molar-refractivity contribution is 0.268. The van der Waals surface area contributed by atoms with Crippen molar-refractivity contribution in [2.75, 3.05) is 20.1 Å². The standard InChI is InChI=1S/C15H24F2N2/c1-11(2)19(4)9-5-8-18-12(3)14-10-13(16)6-7-15(14)17/h6-7,10-12,18H,5,8-9H2,1-4H3. The van der Waals surface area contributed by atoms with Crippen LogP contribution in [0.1, 0.15) is 38.8 Å². The summed E-state index contributed by atoms with van der Waals surface area (Å²) >= 11 is 0. The first-order chi connectivity index (χ1) is 8.91. The number of nitrogens with one attached hydrogen (secondary N) is 1. The van der Waals surface area contributed by atoms with Gasteiger partial charge in [0.05, 0.1) is 0 Å². The Balaban J connectivity index is 2.39. The van der Waals surface area contributed by atoms with Gasteiger partial charge in [-0.1, -0.05) is 0 Å². The average Bonchev–Trinajstić information content (AvgIpc) is 2.36. The van der Waals surface area contributed by atoms with Gasteiger partial charge in [0, 0.05) is 17.6 Å². The molecule has 0 bridgehead atoms. The van der Waals surface area contributed by atoms with Crippen LogP contribution in [0.3, 0.4) is 0 Å². The molecule has 0 heterocycles. The third-order valence-corrected chi connectivity index (χ3v) is 3.44. The first-order valence-corrected chi connectivity index (χ1v) is 6.80. The van der Waals surface area contributed by atoms with Crippen molar-refractivity contribution >= 4 is 0 Å². The molecule has 2 nitrogen and oxygen atoms in total. The van der Waals surface area contributed by atoms with Crippen LogP contribution in [0.25, 0.3) is 0 Å². The lowest BCUT2D eigenvalue weighted by Crippen LogP contribution is -2.30. The van der Waals surface area contributed by atoms with E-state index in [2.05, 4.69) is 31.1 Å². The summed E-state index contributed by atoms with van der Waals surface area (Å²) in [5.41, 5.74) is 0.386. The van der Waals surface area contributed by atoms with Gasteiger partial charge in [-0.3, -0.25) is 0 Å². The van der Waals surface area contributed by atoms with Gasteiger partial charge in [0.2, 0.25) is 0 Å². The molecule has 0 aliphatic carbocycles. The summed E-state index contributed by atoms with van der Waals surface area (Å²) in [7, 11) is 2.08. The zero-order valence-electron chi connectivity index (χ0n) is 12.2. The Labute approximate surface area is 114 Å². The molecule has 0 amide bonds. The van der Waals surface area contributed by atoms with Gasteiger partial charge in [-0.25, -0.2) is 8.78 Å². The van der Waals surface area contributed by atoms with Gasteiger partial charge in [0.15, 0.2) is 0 Å². The highest BCUT2D eigenvalue weighted by molar-refractivity contribution is 5.21. The molecule has 0 saturated heterocycles. The van der Waals surface area contributed by atoms with Gasteiger partial charge >= 0.3 is 0 Å². The van der Waals surface area contributed by atoms with Gasteiger partial charge in [0.1, 0.15) is 11.6 Å². The smallest absolute Gasteiger partial charge is 0.128 e. The highest BCUT2D eigenvalue weighted by Gasteiger charge is 2.11. The molecule has 0 aliphatic rings. The molecule has 0 saturated carbocycles. The number of hydrogen-bond acceptors (Lipinski definition) is 2. The summed E-state index contributed by atoms with van der Waals surface area (Å²) in [6.07, 6.45) is 0.982. The molecular formula is C15H24F2N2. The van der Waals surface area contributed by atoms with E-state index in [1.54, 1.807) is 0 Å². The highest BCUT2D eigenvalue weighted by Crippen LogP contribution is 2.17. The minimum atomic E-state index is -0.399. The van der Waals surface area contributed by atoms with Gasteiger partial charge in [-0.05, 0) is 65.5 Å².